The van der Waals surface area contributed by atoms with Crippen LogP contribution in [0.1, 0.15) is 49.7 Å². The van der Waals surface area contributed by atoms with Crippen LogP contribution < -0.4 is 5.32 Å². The van der Waals surface area contributed by atoms with Gasteiger partial charge in [0.05, 0.1) is 12.7 Å². The smallest absolute Gasteiger partial charge is 0.273 e. The highest BCUT2D eigenvalue weighted by Crippen LogP contribution is 2.23. The van der Waals surface area contributed by atoms with Crippen molar-refractivity contribution < 1.29 is 14.3 Å². The highest BCUT2D eigenvalue weighted by Gasteiger charge is 2.19. The minimum atomic E-state index is -0.402. The van der Waals surface area contributed by atoms with Crippen molar-refractivity contribution in [2.45, 2.75) is 46.4 Å². The SMILES string of the molecule is CCOC(Cn1cc(C(=O)NC[C@@H](c2ccccc2)C(C)C)nn1)OCC. The van der Waals surface area contributed by atoms with Crippen LogP contribution in [-0.4, -0.2) is 46.9 Å². The standard InChI is InChI=1S/C20H30N4O3/c1-5-26-19(27-6-2)14-24-13-18(22-23-24)20(25)21-12-17(15(3)4)16-10-8-7-9-11-16/h7-11,13,15,17,19H,5-6,12,14H2,1-4H3,(H,21,25)/t17-/m1/s1. The molecule has 2 aromatic rings. The van der Waals surface area contributed by atoms with Crippen LogP contribution in [-0.2, 0) is 16.0 Å². The van der Waals surface area contributed by atoms with Gasteiger partial charge in [0.1, 0.15) is 0 Å². The van der Waals surface area contributed by atoms with Crippen molar-refractivity contribution in [3.05, 3.63) is 47.8 Å². The van der Waals surface area contributed by atoms with Gasteiger partial charge in [0, 0.05) is 25.7 Å². The molecule has 1 heterocycles. The van der Waals surface area contributed by atoms with E-state index in [2.05, 4.69) is 41.6 Å². The van der Waals surface area contributed by atoms with Gasteiger partial charge in [0.15, 0.2) is 12.0 Å². The Bertz CT molecular complexity index is 682. The molecule has 1 amide bonds. The molecule has 0 saturated heterocycles. The van der Waals surface area contributed by atoms with Gasteiger partial charge in [-0.15, -0.1) is 5.10 Å². The Morgan fingerprint density at radius 1 is 1.15 bits per heavy atom. The second kappa shape index (κ2) is 10.8. The Hall–Kier alpha value is -2.25. The van der Waals surface area contributed by atoms with Gasteiger partial charge in [-0.05, 0) is 25.3 Å². The minimum absolute atomic E-state index is 0.229. The van der Waals surface area contributed by atoms with Gasteiger partial charge < -0.3 is 14.8 Å². The number of carbonyl (C=O) groups excluding carboxylic acids is 1. The summed E-state index contributed by atoms with van der Waals surface area (Å²) in [5.74, 6) is 0.416. The van der Waals surface area contributed by atoms with Crippen LogP contribution in [0.3, 0.4) is 0 Å². The van der Waals surface area contributed by atoms with Gasteiger partial charge >= 0.3 is 0 Å². The number of nitrogens with zero attached hydrogens (tertiary/aromatic N) is 3. The summed E-state index contributed by atoms with van der Waals surface area (Å²) in [6, 6.07) is 10.2. The maximum absolute atomic E-state index is 12.5. The zero-order chi connectivity index (χ0) is 19.6. The average molecular weight is 374 g/mol. The van der Waals surface area contributed by atoms with Crippen LogP contribution in [0, 0.1) is 5.92 Å². The first-order valence-corrected chi connectivity index (χ1v) is 9.51. The van der Waals surface area contributed by atoms with Crippen molar-refractivity contribution in [1.29, 1.82) is 0 Å². The predicted molar refractivity (Wildman–Crippen MR) is 103 cm³/mol. The normalized spacial score (nSPS) is 12.5. The van der Waals surface area contributed by atoms with Gasteiger partial charge in [0.25, 0.3) is 5.91 Å². The van der Waals surface area contributed by atoms with E-state index in [1.165, 1.54) is 5.56 Å². The van der Waals surface area contributed by atoms with Crippen molar-refractivity contribution in [2.75, 3.05) is 19.8 Å². The topological polar surface area (TPSA) is 78.3 Å². The Kier molecular flexibility index (Phi) is 8.42. The summed E-state index contributed by atoms with van der Waals surface area (Å²) in [4.78, 5) is 12.5. The van der Waals surface area contributed by atoms with Crippen molar-refractivity contribution in [3.8, 4) is 0 Å². The number of nitrogens with one attached hydrogen (secondary N) is 1. The number of ether oxygens (including phenoxy) is 2. The Labute approximate surface area is 161 Å². The van der Waals surface area contributed by atoms with Crippen molar-refractivity contribution in [1.82, 2.24) is 20.3 Å². The van der Waals surface area contributed by atoms with E-state index in [0.29, 0.717) is 32.2 Å². The van der Waals surface area contributed by atoms with Crippen molar-refractivity contribution in [2.24, 2.45) is 5.92 Å². The van der Waals surface area contributed by atoms with Crippen molar-refractivity contribution in [3.63, 3.8) is 0 Å². The number of hydrogen-bond acceptors (Lipinski definition) is 5. The van der Waals surface area contributed by atoms with Crippen LogP contribution in [0.4, 0.5) is 0 Å². The molecular formula is C20H30N4O3. The van der Waals surface area contributed by atoms with Crippen LogP contribution in [0.15, 0.2) is 36.5 Å². The maximum Gasteiger partial charge on any atom is 0.273 e. The van der Waals surface area contributed by atoms with E-state index in [1.807, 2.05) is 32.0 Å². The maximum atomic E-state index is 12.5. The monoisotopic (exact) mass is 374 g/mol. The number of aromatic nitrogens is 3. The lowest BCUT2D eigenvalue weighted by molar-refractivity contribution is -0.145. The minimum Gasteiger partial charge on any atom is -0.351 e. The summed E-state index contributed by atoms with van der Waals surface area (Å²) in [7, 11) is 0. The summed E-state index contributed by atoms with van der Waals surface area (Å²) in [6.45, 7) is 10.2. The zero-order valence-corrected chi connectivity index (χ0v) is 16.6. The van der Waals surface area contributed by atoms with Gasteiger partial charge in [-0.25, -0.2) is 4.68 Å². The fourth-order valence-electron chi connectivity index (χ4n) is 2.90. The summed E-state index contributed by atoms with van der Waals surface area (Å²) in [5.41, 5.74) is 1.50. The first kappa shape index (κ1) is 21.1. The molecule has 0 radical (unpaired) electrons. The molecule has 0 spiro atoms. The third-order valence-corrected chi connectivity index (χ3v) is 4.33. The molecule has 7 heteroatoms. The number of carbonyl (C=O) groups is 1. The first-order chi connectivity index (χ1) is 13.0. The largest absolute Gasteiger partial charge is 0.351 e. The molecule has 7 nitrogen and oxygen atoms in total. The quantitative estimate of drug-likeness (QED) is 0.612. The van der Waals surface area contributed by atoms with E-state index >= 15 is 0 Å². The molecule has 0 aliphatic heterocycles. The van der Waals surface area contributed by atoms with Crippen LogP contribution in [0.2, 0.25) is 0 Å². The van der Waals surface area contributed by atoms with E-state index < -0.39 is 6.29 Å². The van der Waals surface area contributed by atoms with Crippen LogP contribution in [0.25, 0.3) is 0 Å². The molecule has 1 N–H and O–H groups in total. The predicted octanol–water partition coefficient (Wildman–Crippen LogP) is 2.85. The summed E-state index contributed by atoms with van der Waals surface area (Å²) < 4.78 is 12.6. The van der Waals surface area contributed by atoms with Gasteiger partial charge in [-0.3, -0.25) is 4.79 Å². The highest BCUT2D eigenvalue weighted by molar-refractivity contribution is 5.91. The summed E-state index contributed by atoms with van der Waals surface area (Å²) in [5, 5.41) is 11.0. The molecule has 0 unspecified atom stereocenters. The molecule has 148 valence electrons. The fourth-order valence-corrected chi connectivity index (χ4v) is 2.90. The third-order valence-electron chi connectivity index (χ3n) is 4.33. The third kappa shape index (κ3) is 6.45. The molecule has 1 aromatic heterocycles. The van der Waals surface area contributed by atoms with Crippen molar-refractivity contribution >= 4 is 5.91 Å². The molecule has 0 fully saturated rings. The molecular weight excluding hydrogens is 344 g/mol. The molecule has 1 atom stereocenters. The lowest BCUT2D eigenvalue weighted by Crippen LogP contribution is -2.30. The molecule has 27 heavy (non-hydrogen) atoms. The zero-order valence-electron chi connectivity index (χ0n) is 16.6. The summed E-state index contributed by atoms with van der Waals surface area (Å²) >= 11 is 0. The number of benzene rings is 1. The van der Waals surface area contributed by atoms with Gasteiger partial charge in [-0.1, -0.05) is 49.4 Å². The highest BCUT2D eigenvalue weighted by atomic mass is 16.7. The molecule has 0 aliphatic carbocycles. The van der Waals surface area contributed by atoms with E-state index in [4.69, 9.17) is 9.47 Å². The summed E-state index contributed by atoms with van der Waals surface area (Å²) in [6.07, 6.45) is 1.22. The van der Waals surface area contributed by atoms with E-state index in [0.717, 1.165) is 0 Å². The number of amides is 1. The lowest BCUT2D eigenvalue weighted by Gasteiger charge is -2.21. The molecule has 0 saturated carbocycles. The molecule has 0 bridgehead atoms. The van der Waals surface area contributed by atoms with Crippen LogP contribution >= 0.6 is 0 Å². The van der Waals surface area contributed by atoms with Crippen LogP contribution in [0.5, 0.6) is 0 Å². The van der Waals surface area contributed by atoms with Gasteiger partial charge in [0.2, 0.25) is 0 Å². The Morgan fingerprint density at radius 3 is 2.41 bits per heavy atom. The van der Waals surface area contributed by atoms with E-state index in [-0.39, 0.29) is 17.5 Å². The molecule has 2 rings (SSSR count). The number of hydrogen-bond donors (Lipinski definition) is 1. The second-order valence-corrected chi connectivity index (χ2v) is 6.64. The number of rotatable bonds is 11. The average Bonchev–Trinajstić information content (AvgIpc) is 3.11. The molecule has 0 aliphatic rings. The lowest BCUT2D eigenvalue weighted by atomic mass is 9.88. The van der Waals surface area contributed by atoms with E-state index in [9.17, 15) is 4.79 Å². The fraction of sp³-hybridized carbons (Fsp3) is 0.550. The van der Waals surface area contributed by atoms with Gasteiger partial charge in [-0.2, -0.15) is 0 Å². The molecule has 1 aromatic carbocycles. The van der Waals surface area contributed by atoms with E-state index in [1.54, 1.807) is 10.9 Å². The Morgan fingerprint density at radius 2 is 1.81 bits per heavy atom. The second-order valence-electron chi connectivity index (χ2n) is 6.64. The first-order valence-electron chi connectivity index (χ1n) is 9.51. The Balaban J connectivity index is 1.95.